The molecule has 0 fully saturated rings. The predicted molar refractivity (Wildman–Crippen MR) is 162 cm³/mol. The molecule has 0 aliphatic heterocycles. The second-order valence-electron chi connectivity index (χ2n) is 10.7. The molecule has 41 heavy (non-hydrogen) atoms. The topological polar surface area (TPSA) is 129 Å². The molecule has 3 N–H and O–H groups in total. The number of nitrogens with zero attached hydrogens (tertiary/aromatic N) is 4. The summed E-state index contributed by atoms with van der Waals surface area (Å²) in [7, 11) is 3.62. The number of aromatic nitrogens is 2. The first-order valence-corrected chi connectivity index (χ1v) is 15.2. The Morgan fingerprint density at radius 2 is 1.85 bits per heavy atom. The van der Waals surface area contributed by atoms with Gasteiger partial charge in [0.15, 0.2) is 0 Å². The minimum atomic E-state index is -3.44. The number of benzene rings is 2. The van der Waals surface area contributed by atoms with Crippen molar-refractivity contribution in [3.8, 4) is 5.75 Å². The molecule has 1 aliphatic carbocycles. The molecule has 1 amide bonds. The van der Waals surface area contributed by atoms with Crippen LogP contribution in [0.2, 0.25) is 0 Å². The molecule has 0 saturated carbocycles. The van der Waals surface area contributed by atoms with E-state index >= 15 is 0 Å². The van der Waals surface area contributed by atoms with Gasteiger partial charge in [0.25, 0.3) is 5.91 Å². The lowest BCUT2D eigenvalue weighted by Crippen LogP contribution is -2.39. The molecule has 2 aromatic carbocycles. The minimum absolute atomic E-state index is 0.168. The first kappa shape index (κ1) is 30.2. The van der Waals surface area contributed by atoms with Gasteiger partial charge in [0.05, 0.1) is 31.1 Å². The fourth-order valence-electron chi connectivity index (χ4n) is 4.99. The zero-order valence-corrected chi connectivity index (χ0v) is 25.5. The van der Waals surface area contributed by atoms with E-state index in [-0.39, 0.29) is 18.0 Å². The standard InChI is InChI=1S/C29H39N7O4S/c1-18-14-23(25(40-6)16-22(18)28(37)30-12-13-35(3)4)33-29-31-17-19(2)27(34-29)32-24-15-20-10-8-9-11-21(20)26(24)36(5)41(7,38)39/h8-11,14,16-17,24,26H,12-13,15H2,1-7H3,(H,30,37)(H2,31,32,33,34)/t24-,26-/m1/s1. The molecular formula is C29H39N7O4S. The Hall–Kier alpha value is -3.74. The van der Waals surface area contributed by atoms with Gasteiger partial charge in [0.1, 0.15) is 11.6 Å². The molecule has 1 aliphatic rings. The number of anilines is 3. The number of likely N-dealkylation sites (N-methyl/N-ethyl adjacent to an activating group) is 2. The van der Waals surface area contributed by atoms with Crippen LogP contribution in [0.3, 0.4) is 0 Å². The van der Waals surface area contributed by atoms with Gasteiger partial charge in [-0.05, 0) is 63.2 Å². The number of rotatable bonds is 11. The number of carbonyl (C=O) groups excluding carboxylic acids is 1. The zero-order chi connectivity index (χ0) is 29.9. The quantitative estimate of drug-likeness (QED) is 0.313. The van der Waals surface area contributed by atoms with E-state index in [9.17, 15) is 13.2 Å². The lowest BCUT2D eigenvalue weighted by molar-refractivity contribution is 0.0950. The van der Waals surface area contributed by atoms with Crippen LogP contribution in [-0.2, 0) is 16.4 Å². The van der Waals surface area contributed by atoms with Gasteiger partial charge in [-0.15, -0.1) is 0 Å². The number of sulfonamides is 1. The van der Waals surface area contributed by atoms with Crippen LogP contribution in [0.4, 0.5) is 17.5 Å². The summed E-state index contributed by atoms with van der Waals surface area (Å²) >= 11 is 0. The fourth-order valence-corrected chi connectivity index (χ4v) is 5.66. The van der Waals surface area contributed by atoms with Crippen molar-refractivity contribution in [2.75, 3.05) is 58.2 Å². The summed E-state index contributed by atoms with van der Waals surface area (Å²) in [6.45, 7) is 5.04. The highest BCUT2D eigenvalue weighted by Crippen LogP contribution is 2.38. The molecule has 4 rings (SSSR count). The van der Waals surface area contributed by atoms with Crippen LogP contribution in [0, 0.1) is 13.8 Å². The van der Waals surface area contributed by atoms with Gasteiger partial charge in [-0.1, -0.05) is 24.3 Å². The Bertz CT molecular complexity index is 1530. The summed E-state index contributed by atoms with van der Waals surface area (Å²) in [6.07, 6.45) is 3.58. The summed E-state index contributed by atoms with van der Waals surface area (Å²) in [5.74, 6) is 1.24. The fraction of sp³-hybridized carbons (Fsp3) is 0.414. The van der Waals surface area contributed by atoms with E-state index < -0.39 is 10.0 Å². The number of amides is 1. The molecule has 1 heterocycles. The van der Waals surface area contributed by atoms with Gasteiger partial charge in [0, 0.05) is 37.5 Å². The van der Waals surface area contributed by atoms with Crippen LogP contribution in [0.15, 0.2) is 42.6 Å². The summed E-state index contributed by atoms with van der Waals surface area (Å²) < 4.78 is 32.0. The van der Waals surface area contributed by atoms with E-state index in [4.69, 9.17) is 9.72 Å². The van der Waals surface area contributed by atoms with Crippen LogP contribution >= 0.6 is 0 Å². The van der Waals surface area contributed by atoms with Crippen molar-refractivity contribution in [1.82, 2.24) is 24.5 Å². The van der Waals surface area contributed by atoms with Gasteiger partial charge >= 0.3 is 0 Å². The highest BCUT2D eigenvalue weighted by Gasteiger charge is 2.38. The minimum Gasteiger partial charge on any atom is -0.495 e. The zero-order valence-electron chi connectivity index (χ0n) is 24.6. The normalized spacial score (nSPS) is 16.5. The third-order valence-electron chi connectivity index (χ3n) is 7.29. The Labute approximate surface area is 242 Å². The van der Waals surface area contributed by atoms with Gasteiger partial charge in [-0.25, -0.2) is 13.4 Å². The van der Waals surface area contributed by atoms with Crippen LogP contribution < -0.4 is 20.7 Å². The number of aryl methyl sites for hydroxylation is 2. The lowest BCUT2D eigenvalue weighted by atomic mass is 10.1. The molecule has 0 spiro atoms. The summed E-state index contributed by atoms with van der Waals surface area (Å²) in [6, 6.07) is 10.8. The van der Waals surface area contributed by atoms with Crippen molar-refractivity contribution >= 4 is 33.4 Å². The predicted octanol–water partition coefficient (Wildman–Crippen LogP) is 3.11. The van der Waals surface area contributed by atoms with Crippen molar-refractivity contribution in [3.63, 3.8) is 0 Å². The molecule has 2 atom stereocenters. The number of fused-ring (bicyclic) bond motifs is 1. The van der Waals surface area contributed by atoms with Crippen LogP contribution in [0.1, 0.15) is 38.7 Å². The molecule has 0 radical (unpaired) electrons. The first-order valence-electron chi connectivity index (χ1n) is 13.4. The van der Waals surface area contributed by atoms with E-state index in [2.05, 4.69) is 20.9 Å². The second kappa shape index (κ2) is 12.4. The van der Waals surface area contributed by atoms with E-state index in [0.717, 1.165) is 28.8 Å². The van der Waals surface area contributed by atoms with Crippen LogP contribution in [0.5, 0.6) is 5.75 Å². The molecule has 12 heteroatoms. The van der Waals surface area contributed by atoms with Crippen molar-refractivity contribution in [3.05, 3.63) is 70.4 Å². The lowest BCUT2D eigenvalue weighted by Gasteiger charge is -2.30. The van der Waals surface area contributed by atoms with E-state index in [0.29, 0.717) is 41.7 Å². The average Bonchev–Trinajstić information content (AvgIpc) is 3.27. The highest BCUT2D eigenvalue weighted by atomic mass is 32.2. The molecular weight excluding hydrogens is 542 g/mol. The Morgan fingerprint density at radius 3 is 2.54 bits per heavy atom. The summed E-state index contributed by atoms with van der Waals surface area (Å²) in [5, 5.41) is 9.65. The Kier molecular flexibility index (Phi) is 9.15. The van der Waals surface area contributed by atoms with Gasteiger partial charge in [-0.2, -0.15) is 9.29 Å². The Balaban J connectivity index is 1.57. The maximum Gasteiger partial charge on any atom is 0.251 e. The number of nitrogens with one attached hydrogen (secondary N) is 3. The van der Waals surface area contributed by atoms with Gasteiger partial charge in [0.2, 0.25) is 16.0 Å². The van der Waals surface area contributed by atoms with Crippen LogP contribution in [0.25, 0.3) is 0 Å². The Morgan fingerprint density at radius 1 is 1.12 bits per heavy atom. The number of methoxy groups -OCH3 is 1. The van der Waals surface area contributed by atoms with E-state index in [1.807, 2.05) is 63.2 Å². The van der Waals surface area contributed by atoms with Crippen molar-refractivity contribution < 1.29 is 17.9 Å². The third kappa shape index (κ3) is 6.95. The molecule has 0 saturated heterocycles. The van der Waals surface area contributed by atoms with Crippen LogP contribution in [-0.4, -0.2) is 87.1 Å². The monoisotopic (exact) mass is 581 g/mol. The van der Waals surface area contributed by atoms with Crippen molar-refractivity contribution in [1.29, 1.82) is 0 Å². The molecule has 3 aromatic rings. The van der Waals surface area contributed by atoms with E-state index in [1.54, 1.807) is 26.4 Å². The maximum absolute atomic E-state index is 12.8. The first-order chi connectivity index (χ1) is 19.4. The summed E-state index contributed by atoms with van der Waals surface area (Å²) in [5.41, 5.74) is 4.82. The van der Waals surface area contributed by atoms with Crippen molar-refractivity contribution in [2.45, 2.75) is 32.4 Å². The second-order valence-corrected chi connectivity index (χ2v) is 12.7. The van der Waals surface area contributed by atoms with E-state index in [1.165, 1.54) is 10.6 Å². The number of ether oxygens (including phenoxy) is 1. The number of hydrogen-bond donors (Lipinski definition) is 3. The molecule has 1 aromatic heterocycles. The average molecular weight is 582 g/mol. The smallest absolute Gasteiger partial charge is 0.251 e. The number of hydrogen-bond acceptors (Lipinski definition) is 9. The largest absolute Gasteiger partial charge is 0.495 e. The summed E-state index contributed by atoms with van der Waals surface area (Å²) in [4.78, 5) is 24.0. The van der Waals surface area contributed by atoms with Crippen molar-refractivity contribution in [2.24, 2.45) is 0 Å². The van der Waals surface area contributed by atoms with Gasteiger partial charge in [-0.3, -0.25) is 4.79 Å². The SMILES string of the molecule is COc1cc(C(=O)NCCN(C)C)c(C)cc1Nc1ncc(C)c(N[C@@H]2Cc3ccccc3[C@H]2N(C)S(C)(=O)=O)n1. The maximum atomic E-state index is 12.8. The molecule has 11 nitrogen and oxygen atoms in total. The third-order valence-corrected chi connectivity index (χ3v) is 8.56. The molecule has 0 unspecified atom stereocenters. The highest BCUT2D eigenvalue weighted by molar-refractivity contribution is 7.88. The molecule has 220 valence electrons. The van der Waals surface area contributed by atoms with Gasteiger partial charge < -0.3 is 25.6 Å². The number of carbonyl (C=O) groups is 1. The molecule has 0 bridgehead atoms.